The number of halogens is 2. The molecule has 8 nitrogen and oxygen atoms in total. The van der Waals surface area contributed by atoms with E-state index in [0.29, 0.717) is 22.2 Å². The minimum atomic E-state index is -0.838. The van der Waals surface area contributed by atoms with Crippen LogP contribution in [0, 0.1) is 25.2 Å². The van der Waals surface area contributed by atoms with Gasteiger partial charge in [-0.05, 0) is 67.4 Å². The standard InChI is InChI=1S/C25H20Cl2N4O4/c1-14-3-4-17(9-15(14)2)31-25(34)24(33)29-13-20-7-6-19(35-20)10-16(12-28)23(32)30-18-5-8-21(26)22(27)11-18/h3-11H,13H2,1-2H3,(H,29,33)(H,30,32)(H,31,34)/b16-10-. The number of hydrogen-bond acceptors (Lipinski definition) is 5. The van der Waals surface area contributed by atoms with Gasteiger partial charge in [0.25, 0.3) is 5.91 Å². The minimum absolute atomic E-state index is 0.0651. The Morgan fingerprint density at radius 2 is 1.57 bits per heavy atom. The zero-order valence-electron chi connectivity index (χ0n) is 18.7. The van der Waals surface area contributed by atoms with Gasteiger partial charge in [0.1, 0.15) is 23.2 Å². The number of carbonyl (C=O) groups is 3. The first-order valence-electron chi connectivity index (χ1n) is 10.3. The monoisotopic (exact) mass is 510 g/mol. The number of nitrogens with one attached hydrogen (secondary N) is 3. The molecule has 1 heterocycles. The summed E-state index contributed by atoms with van der Waals surface area (Å²) in [7, 11) is 0. The van der Waals surface area contributed by atoms with Crippen molar-refractivity contribution < 1.29 is 18.8 Å². The maximum absolute atomic E-state index is 12.4. The van der Waals surface area contributed by atoms with Crippen molar-refractivity contribution in [3.63, 3.8) is 0 Å². The van der Waals surface area contributed by atoms with Gasteiger partial charge in [-0.15, -0.1) is 0 Å². The van der Waals surface area contributed by atoms with Crippen LogP contribution in [-0.4, -0.2) is 17.7 Å². The fourth-order valence-electron chi connectivity index (χ4n) is 2.88. The molecule has 0 fully saturated rings. The molecule has 0 radical (unpaired) electrons. The fourth-order valence-corrected chi connectivity index (χ4v) is 3.18. The Balaban J connectivity index is 1.58. The van der Waals surface area contributed by atoms with E-state index in [9.17, 15) is 19.6 Å². The van der Waals surface area contributed by atoms with Gasteiger partial charge in [-0.1, -0.05) is 29.3 Å². The molecule has 2 aromatic carbocycles. The number of benzene rings is 2. The van der Waals surface area contributed by atoms with E-state index in [-0.39, 0.29) is 22.9 Å². The average Bonchev–Trinajstić information content (AvgIpc) is 3.28. The molecule has 35 heavy (non-hydrogen) atoms. The van der Waals surface area contributed by atoms with Crippen molar-refractivity contribution >= 4 is 58.4 Å². The van der Waals surface area contributed by atoms with Crippen LogP contribution in [0.25, 0.3) is 6.08 Å². The van der Waals surface area contributed by atoms with E-state index in [0.717, 1.165) is 11.1 Å². The maximum atomic E-state index is 12.4. The van der Waals surface area contributed by atoms with Crippen LogP contribution < -0.4 is 16.0 Å². The van der Waals surface area contributed by atoms with Crippen molar-refractivity contribution in [1.29, 1.82) is 5.26 Å². The van der Waals surface area contributed by atoms with Gasteiger partial charge in [0, 0.05) is 17.5 Å². The third-order valence-electron chi connectivity index (χ3n) is 4.91. The number of nitriles is 1. The van der Waals surface area contributed by atoms with Gasteiger partial charge in [0.05, 0.1) is 16.6 Å². The topological polar surface area (TPSA) is 124 Å². The molecule has 0 bridgehead atoms. The Morgan fingerprint density at radius 3 is 2.26 bits per heavy atom. The highest BCUT2D eigenvalue weighted by molar-refractivity contribution is 6.42. The Labute approximate surface area is 211 Å². The number of hydrogen-bond donors (Lipinski definition) is 3. The second-order valence-electron chi connectivity index (χ2n) is 7.49. The first-order chi connectivity index (χ1) is 16.7. The Bertz CT molecular complexity index is 1370. The summed E-state index contributed by atoms with van der Waals surface area (Å²) in [6.45, 7) is 3.79. The number of rotatable bonds is 6. The lowest BCUT2D eigenvalue weighted by Crippen LogP contribution is -2.34. The highest BCUT2D eigenvalue weighted by Crippen LogP contribution is 2.25. The van der Waals surface area contributed by atoms with Crippen LogP contribution in [0.15, 0.2) is 58.5 Å². The van der Waals surface area contributed by atoms with Crippen LogP contribution in [0.3, 0.4) is 0 Å². The molecule has 3 N–H and O–H groups in total. The summed E-state index contributed by atoms with van der Waals surface area (Å²) < 4.78 is 5.54. The van der Waals surface area contributed by atoms with E-state index in [1.165, 1.54) is 24.3 Å². The van der Waals surface area contributed by atoms with E-state index in [4.69, 9.17) is 27.6 Å². The summed E-state index contributed by atoms with van der Waals surface area (Å²) in [6, 6.07) is 14.7. The average molecular weight is 511 g/mol. The number of furan rings is 1. The number of nitrogens with zero attached hydrogens (tertiary/aromatic N) is 1. The van der Waals surface area contributed by atoms with Crippen molar-refractivity contribution in [2.24, 2.45) is 0 Å². The van der Waals surface area contributed by atoms with Crippen molar-refractivity contribution in [2.45, 2.75) is 20.4 Å². The molecule has 0 unspecified atom stereocenters. The smallest absolute Gasteiger partial charge is 0.313 e. The molecule has 3 rings (SSSR count). The molecule has 10 heteroatoms. The summed E-state index contributed by atoms with van der Waals surface area (Å²) in [4.78, 5) is 36.7. The van der Waals surface area contributed by atoms with Crippen LogP contribution in [-0.2, 0) is 20.9 Å². The van der Waals surface area contributed by atoms with Gasteiger partial charge >= 0.3 is 11.8 Å². The van der Waals surface area contributed by atoms with E-state index in [1.807, 2.05) is 26.0 Å². The Hall–Kier alpha value is -4.06. The summed E-state index contributed by atoms with van der Waals surface area (Å²) in [6.07, 6.45) is 1.25. The molecule has 3 amide bonds. The fraction of sp³-hybridized carbons (Fsp3) is 0.120. The molecule has 178 valence electrons. The Kier molecular flexibility index (Phi) is 8.31. The van der Waals surface area contributed by atoms with Crippen LogP contribution in [0.1, 0.15) is 22.6 Å². The molecular formula is C25H20Cl2N4O4. The number of carbonyl (C=O) groups excluding carboxylic acids is 3. The van der Waals surface area contributed by atoms with E-state index in [1.54, 1.807) is 24.3 Å². The quantitative estimate of drug-likeness (QED) is 0.244. The van der Waals surface area contributed by atoms with Crippen molar-refractivity contribution in [3.05, 3.63) is 86.8 Å². The SMILES string of the molecule is Cc1ccc(NC(=O)C(=O)NCc2ccc(/C=C(/C#N)C(=O)Nc3ccc(Cl)c(Cl)c3)o2)cc1C. The van der Waals surface area contributed by atoms with Gasteiger partial charge in [-0.25, -0.2) is 0 Å². The lowest BCUT2D eigenvalue weighted by molar-refractivity contribution is -0.136. The van der Waals surface area contributed by atoms with Crippen molar-refractivity contribution in [2.75, 3.05) is 10.6 Å². The predicted molar refractivity (Wildman–Crippen MR) is 134 cm³/mol. The maximum Gasteiger partial charge on any atom is 0.313 e. The second kappa shape index (κ2) is 11.4. The number of anilines is 2. The lowest BCUT2D eigenvalue weighted by atomic mass is 10.1. The molecule has 0 atom stereocenters. The van der Waals surface area contributed by atoms with Gasteiger partial charge in [-0.3, -0.25) is 14.4 Å². The van der Waals surface area contributed by atoms with Crippen LogP contribution >= 0.6 is 23.2 Å². The molecule has 0 spiro atoms. The third kappa shape index (κ3) is 6.96. The zero-order valence-corrected chi connectivity index (χ0v) is 20.3. The first-order valence-corrected chi connectivity index (χ1v) is 11.0. The molecule has 0 aliphatic heterocycles. The molecule has 0 aliphatic rings. The molecule has 0 saturated heterocycles. The molecule has 0 aliphatic carbocycles. The summed E-state index contributed by atoms with van der Waals surface area (Å²) in [5.41, 5.74) is 2.73. The number of amides is 3. The van der Waals surface area contributed by atoms with Crippen LogP contribution in [0.2, 0.25) is 10.0 Å². The zero-order chi connectivity index (χ0) is 25.5. The number of aryl methyl sites for hydroxylation is 2. The van der Waals surface area contributed by atoms with E-state index < -0.39 is 17.7 Å². The predicted octanol–water partition coefficient (Wildman–Crippen LogP) is 5.00. The summed E-state index contributed by atoms with van der Waals surface area (Å²) >= 11 is 11.8. The van der Waals surface area contributed by atoms with Crippen molar-refractivity contribution in [3.8, 4) is 6.07 Å². The van der Waals surface area contributed by atoms with Gasteiger partial charge in [0.2, 0.25) is 0 Å². The summed E-state index contributed by atoms with van der Waals surface area (Å²) in [5.74, 6) is -1.78. The second-order valence-corrected chi connectivity index (χ2v) is 8.31. The van der Waals surface area contributed by atoms with E-state index in [2.05, 4.69) is 16.0 Å². The summed E-state index contributed by atoms with van der Waals surface area (Å²) in [5, 5.41) is 17.5. The Morgan fingerprint density at radius 1 is 0.886 bits per heavy atom. The van der Waals surface area contributed by atoms with E-state index >= 15 is 0 Å². The van der Waals surface area contributed by atoms with Gasteiger partial charge in [-0.2, -0.15) is 5.26 Å². The van der Waals surface area contributed by atoms with Crippen molar-refractivity contribution in [1.82, 2.24) is 5.32 Å². The molecular weight excluding hydrogens is 491 g/mol. The highest BCUT2D eigenvalue weighted by Gasteiger charge is 2.15. The van der Waals surface area contributed by atoms with Gasteiger partial charge < -0.3 is 20.4 Å². The minimum Gasteiger partial charge on any atom is -0.460 e. The highest BCUT2D eigenvalue weighted by atomic mass is 35.5. The molecule has 1 aromatic heterocycles. The lowest BCUT2D eigenvalue weighted by Gasteiger charge is -2.07. The van der Waals surface area contributed by atoms with Crippen LogP contribution in [0.4, 0.5) is 11.4 Å². The molecule has 0 saturated carbocycles. The first kappa shape index (κ1) is 25.6. The van der Waals surface area contributed by atoms with Gasteiger partial charge in [0.15, 0.2) is 0 Å². The molecule has 3 aromatic rings. The van der Waals surface area contributed by atoms with Crippen LogP contribution in [0.5, 0.6) is 0 Å². The normalized spacial score (nSPS) is 10.9. The third-order valence-corrected chi connectivity index (χ3v) is 5.64. The largest absolute Gasteiger partial charge is 0.460 e.